The van der Waals surface area contributed by atoms with Crippen molar-refractivity contribution in [2.24, 2.45) is 9.98 Å². The molecule has 1 fully saturated rings. The Labute approximate surface area is 247 Å². The van der Waals surface area contributed by atoms with Crippen LogP contribution in [0.3, 0.4) is 0 Å². The van der Waals surface area contributed by atoms with E-state index in [1.165, 1.54) is 42.7 Å². The van der Waals surface area contributed by atoms with Crippen molar-refractivity contribution in [1.82, 2.24) is 9.55 Å². The number of fused-ring (bicyclic) bond motifs is 3. The minimum absolute atomic E-state index is 0.184. The number of thioether (sulfide) groups is 1. The number of carbonyl (C=O) groups excluding carboxylic acids is 2. The highest BCUT2D eigenvalue weighted by Gasteiger charge is 2.39. The van der Waals surface area contributed by atoms with E-state index in [9.17, 15) is 35.9 Å². The Kier molecular flexibility index (Phi) is 7.27. The minimum atomic E-state index is -4.80. The molecule has 0 radical (unpaired) electrons. The largest absolute Gasteiger partial charge is 0.573 e. The molecule has 1 aliphatic carbocycles. The zero-order valence-corrected chi connectivity index (χ0v) is 22.9. The van der Waals surface area contributed by atoms with Gasteiger partial charge in [0.25, 0.3) is 0 Å². The van der Waals surface area contributed by atoms with Crippen molar-refractivity contribution in [3.05, 3.63) is 83.0 Å². The molecule has 1 aliphatic heterocycles. The Hall–Kier alpha value is -4.92. The first-order chi connectivity index (χ1) is 20.9. The molecule has 3 aromatic carbocycles. The summed E-state index contributed by atoms with van der Waals surface area (Å²) in [6, 6.07) is 12.4. The van der Waals surface area contributed by atoms with Gasteiger partial charge in [-0.3, -0.25) is 14.3 Å². The maximum atomic E-state index is 13.6. The molecule has 6 rings (SSSR count). The topological polar surface area (TPSA) is 89.2 Å². The molecule has 15 heteroatoms. The molecule has 8 nitrogen and oxygen atoms in total. The molecule has 2 heterocycles. The number of aromatic nitrogens is 2. The van der Waals surface area contributed by atoms with Gasteiger partial charge in [0.15, 0.2) is 5.17 Å². The number of carbonyl (C=O) groups is 2. The standard InChI is InChI=1S/C29H17F6N5O3S/c30-28(31,32)21-3-1-2-4-22(21)40-24(41)14-44-27(40)38-26(42)37-17-6-11-20-16(13-17)5-12-23-25(20)36-15-39(23)18-7-9-19(10-8-18)43-29(33,34)35/h1-5,7-13,15H,6,14H2/b37-17+,38-27-. The van der Waals surface area contributed by atoms with Crippen molar-refractivity contribution < 1.29 is 40.7 Å². The predicted octanol–water partition coefficient (Wildman–Crippen LogP) is 5.60. The number of amidine groups is 1. The molecule has 0 N–H and O–H groups in total. The Morgan fingerprint density at radius 3 is 2.43 bits per heavy atom. The number of hydrogen-bond donors (Lipinski definition) is 0. The molecule has 4 aromatic rings. The van der Waals surface area contributed by atoms with Crippen LogP contribution in [0.25, 0.3) is 28.9 Å². The van der Waals surface area contributed by atoms with E-state index in [0.29, 0.717) is 27.7 Å². The highest BCUT2D eigenvalue weighted by atomic mass is 32.2. The lowest BCUT2D eigenvalue weighted by molar-refractivity contribution is -0.274. The van der Waals surface area contributed by atoms with E-state index in [0.717, 1.165) is 34.0 Å². The second-order valence-electron chi connectivity index (χ2n) is 9.46. The monoisotopic (exact) mass is 629 g/mol. The summed E-state index contributed by atoms with van der Waals surface area (Å²) in [5.41, 5.74) is 0.735. The molecule has 0 saturated carbocycles. The maximum absolute atomic E-state index is 13.6. The number of alkyl halides is 6. The zero-order chi connectivity index (χ0) is 31.2. The molecule has 1 aromatic heterocycles. The SMILES string of the molecule is O=C(/N=C1\SCC(=O)N1c1ccccc1C(F)(F)F)/N=C1/C=c2ccc3c(ncn3-c3ccc(OC(F)(F)F)cc3)c2=CC1. The molecule has 0 atom stereocenters. The van der Waals surface area contributed by atoms with Gasteiger partial charge < -0.3 is 4.74 Å². The van der Waals surface area contributed by atoms with Crippen LogP contribution in [-0.2, 0) is 11.0 Å². The molecule has 224 valence electrons. The summed E-state index contributed by atoms with van der Waals surface area (Å²) in [7, 11) is 0. The van der Waals surface area contributed by atoms with E-state index in [4.69, 9.17) is 0 Å². The number of ether oxygens (including phenoxy) is 1. The summed E-state index contributed by atoms with van der Waals surface area (Å²) in [5, 5.41) is 1.24. The molecular formula is C29H17F6N5O3S. The fourth-order valence-electron chi connectivity index (χ4n) is 4.82. The average Bonchev–Trinajstić information content (AvgIpc) is 3.55. The third-order valence-corrected chi connectivity index (χ3v) is 7.55. The first kappa shape index (κ1) is 29.2. The van der Waals surface area contributed by atoms with Crippen molar-refractivity contribution in [3.63, 3.8) is 0 Å². The van der Waals surface area contributed by atoms with Crippen molar-refractivity contribution in [3.8, 4) is 11.4 Å². The van der Waals surface area contributed by atoms with E-state index in [2.05, 4.69) is 19.7 Å². The first-order valence-electron chi connectivity index (χ1n) is 12.7. The van der Waals surface area contributed by atoms with Crippen LogP contribution in [0.15, 0.2) is 77.0 Å². The van der Waals surface area contributed by atoms with Gasteiger partial charge >= 0.3 is 18.6 Å². The number of benzene rings is 3. The van der Waals surface area contributed by atoms with Gasteiger partial charge in [-0.05, 0) is 53.8 Å². The fraction of sp³-hybridized carbons (Fsp3) is 0.138. The molecule has 0 spiro atoms. The van der Waals surface area contributed by atoms with Crippen molar-refractivity contribution in [1.29, 1.82) is 0 Å². The second-order valence-corrected chi connectivity index (χ2v) is 10.4. The zero-order valence-electron chi connectivity index (χ0n) is 22.1. The van der Waals surface area contributed by atoms with Gasteiger partial charge in [-0.1, -0.05) is 36.0 Å². The number of hydrogen-bond acceptors (Lipinski definition) is 5. The van der Waals surface area contributed by atoms with Crippen LogP contribution in [0.2, 0.25) is 0 Å². The number of para-hydroxylation sites is 1. The summed E-state index contributed by atoms with van der Waals surface area (Å²) >= 11 is 0.840. The summed E-state index contributed by atoms with van der Waals surface area (Å²) in [4.78, 5) is 38.3. The Morgan fingerprint density at radius 2 is 1.70 bits per heavy atom. The van der Waals surface area contributed by atoms with Crippen LogP contribution >= 0.6 is 11.8 Å². The molecule has 3 amide bonds. The Morgan fingerprint density at radius 1 is 0.955 bits per heavy atom. The van der Waals surface area contributed by atoms with Crippen molar-refractivity contribution in [2.75, 3.05) is 10.7 Å². The highest BCUT2D eigenvalue weighted by molar-refractivity contribution is 8.15. The van der Waals surface area contributed by atoms with E-state index in [1.807, 2.05) is 0 Å². The van der Waals surface area contributed by atoms with Crippen molar-refractivity contribution in [2.45, 2.75) is 19.0 Å². The van der Waals surface area contributed by atoms with Gasteiger partial charge in [-0.15, -0.1) is 13.2 Å². The molecule has 1 saturated heterocycles. The average molecular weight is 630 g/mol. The highest BCUT2D eigenvalue weighted by Crippen LogP contribution is 2.39. The van der Waals surface area contributed by atoms with Crippen LogP contribution < -0.4 is 20.1 Å². The van der Waals surface area contributed by atoms with E-state index in [-0.39, 0.29) is 23.1 Å². The number of nitrogens with zero attached hydrogens (tertiary/aromatic N) is 5. The van der Waals surface area contributed by atoms with Gasteiger partial charge in [-0.2, -0.15) is 23.2 Å². The summed E-state index contributed by atoms with van der Waals surface area (Å²) in [6.07, 6.45) is -4.33. The Bertz CT molecular complexity index is 2000. The van der Waals surface area contributed by atoms with Gasteiger partial charge in [0.1, 0.15) is 12.1 Å². The molecule has 44 heavy (non-hydrogen) atoms. The van der Waals surface area contributed by atoms with Crippen LogP contribution in [0.4, 0.5) is 36.8 Å². The number of amides is 3. The number of aliphatic imine (C=N–C) groups is 2. The predicted molar refractivity (Wildman–Crippen MR) is 152 cm³/mol. The van der Waals surface area contributed by atoms with Gasteiger partial charge in [0.2, 0.25) is 5.91 Å². The van der Waals surface area contributed by atoms with E-state index < -0.39 is 35.7 Å². The first-order valence-corrected chi connectivity index (χ1v) is 13.7. The number of rotatable bonds is 3. The van der Waals surface area contributed by atoms with Gasteiger partial charge in [0, 0.05) is 17.3 Å². The molecule has 2 aliphatic rings. The second kappa shape index (κ2) is 11.0. The van der Waals surface area contributed by atoms with Crippen LogP contribution in [-0.4, -0.2) is 44.5 Å². The number of anilines is 1. The fourth-order valence-corrected chi connectivity index (χ4v) is 5.67. The molecule has 0 bridgehead atoms. The third-order valence-electron chi connectivity index (χ3n) is 6.62. The quantitative estimate of drug-likeness (QED) is 0.275. The smallest absolute Gasteiger partial charge is 0.406 e. The Balaban J connectivity index is 1.27. The minimum Gasteiger partial charge on any atom is -0.406 e. The lowest BCUT2D eigenvalue weighted by atomic mass is 10.0. The summed E-state index contributed by atoms with van der Waals surface area (Å²) in [6.45, 7) is 0. The lowest BCUT2D eigenvalue weighted by Gasteiger charge is -2.20. The summed E-state index contributed by atoms with van der Waals surface area (Å²) < 4.78 is 83.8. The van der Waals surface area contributed by atoms with Crippen LogP contribution in [0.5, 0.6) is 5.75 Å². The number of halogens is 6. The number of urea groups is 1. The maximum Gasteiger partial charge on any atom is 0.573 e. The normalized spacial score (nSPS) is 17.1. The van der Waals surface area contributed by atoms with Gasteiger partial charge in [0.05, 0.1) is 33.7 Å². The van der Waals surface area contributed by atoms with Gasteiger partial charge in [-0.25, -0.2) is 9.78 Å². The lowest BCUT2D eigenvalue weighted by Crippen LogP contribution is -2.32. The summed E-state index contributed by atoms with van der Waals surface area (Å²) in [5.74, 6) is -1.18. The van der Waals surface area contributed by atoms with Crippen molar-refractivity contribution >= 4 is 63.5 Å². The van der Waals surface area contributed by atoms with E-state index in [1.54, 1.807) is 28.9 Å². The third kappa shape index (κ3) is 5.82. The molecule has 0 unspecified atom stereocenters. The van der Waals surface area contributed by atoms with E-state index >= 15 is 0 Å². The molecular weight excluding hydrogens is 612 g/mol. The van der Waals surface area contributed by atoms with Crippen LogP contribution in [0, 0.1) is 0 Å². The number of imidazole rings is 1. The van der Waals surface area contributed by atoms with Crippen LogP contribution in [0.1, 0.15) is 12.0 Å².